The summed E-state index contributed by atoms with van der Waals surface area (Å²) in [7, 11) is -1.94. The molecule has 3 aromatic rings. The Labute approximate surface area is 179 Å². The van der Waals surface area contributed by atoms with Crippen molar-refractivity contribution in [2.24, 2.45) is 7.05 Å². The monoisotopic (exact) mass is 448 g/mol. The van der Waals surface area contributed by atoms with Gasteiger partial charge in [0, 0.05) is 60.6 Å². The zero-order chi connectivity index (χ0) is 22.8. The molecule has 1 N–H and O–H groups in total. The highest BCUT2D eigenvalue weighted by molar-refractivity contribution is 7.90. The molecule has 0 bridgehead atoms. The van der Waals surface area contributed by atoms with E-state index in [4.69, 9.17) is 4.74 Å². The number of rotatable bonds is 7. The number of hydrogen-bond acceptors (Lipinski definition) is 5. The Balaban J connectivity index is 2.13. The van der Waals surface area contributed by atoms with Gasteiger partial charge in [-0.1, -0.05) is 6.07 Å². The number of hydrogen-bond donors (Lipinski definition) is 1. The van der Waals surface area contributed by atoms with Crippen LogP contribution >= 0.6 is 0 Å². The van der Waals surface area contributed by atoms with Crippen molar-refractivity contribution in [3.63, 3.8) is 0 Å². The van der Waals surface area contributed by atoms with Gasteiger partial charge in [0.15, 0.2) is 9.84 Å². The van der Waals surface area contributed by atoms with Crippen molar-refractivity contribution in [1.29, 1.82) is 0 Å². The van der Waals surface area contributed by atoms with Crippen LogP contribution in [0, 0.1) is 11.6 Å². The fourth-order valence-corrected chi connectivity index (χ4v) is 3.72. The van der Waals surface area contributed by atoms with Gasteiger partial charge in [0.25, 0.3) is 5.56 Å². The highest BCUT2D eigenvalue weighted by Crippen LogP contribution is 2.36. The number of aromatic nitrogens is 1. The normalized spacial score (nSPS) is 11.4. The van der Waals surface area contributed by atoms with E-state index in [9.17, 15) is 22.0 Å². The molecule has 0 saturated carbocycles. The summed E-state index contributed by atoms with van der Waals surface area (Å²) in [5, 5.41) is 3.07. The molecule has 0 spiro atoms. The number of pyridine rings is 1. The van der Waals surface area contributed by atoms with E-state index in [2.05, 4.69) is 5.32 Å². The smallest absolute Gasteiger partial charge is 0.254 e. The van der Waals surface area contributed by atoms with Gasteiger partial charge in [0.2, 0.25) is 0 Å². The summed E-state index contributed by atoms with van der Waals surface area (Å²) >= 11 is 0. The fourth-order valence-electron chi connectivity index (χ4n) is 3.08. The molecule has 1 heterocycles. The van der Waals surface area contributed by atoms with Gasteiger partial charge in [-0.3, -0.25) is 4.79 Å². The molecular weight excluding hydrogens is 426 g/mol. The summed E-state index contributed by atoms with van der Waals surface area (Å²) in [6.45, 7) is 2.10. The summed E-state index contributed by atoms with van der Waals surface area (Å²) in [6, 6.07) is 9.09. The van der Waals surface area contributed by atoms with Crippen molar-refractivity contribution < 1.29 is 21.9 Å². The summed E-state index contributed by atoms with van der Waals surface area (Å²) in [5.41, 5.74) is 1.41. The second kappa shape index (κ2) is 8.89. The highest BCUT2D eigenvalue weighted by Gasteiger charge is 2.17. The molecule has 0 fully saturated rings. The molecule has 3 rings (SSSR count). The number of ether oxygens (including phenoxy) is 1. The van der Waals surface area contributed by atoms with Crippen molar-refractivity contribution in [2.75, 3.05) is 18.2 Å². The number of halogens is 2. The van der Waals surface area contributed by atoms with Crippen LogP contribution in [0.5, 0.6) is 5.75 Å². The maximum absolute atomic E-state index is 14.0. The lowest BCUT2D eigenvalue weighted by molar-refractivity contribution is 0.340. The molecule has 0 amide bonds. The molecule has 9 heteroatoms. The molecule has 0 aliphatic rings. The van der Waals surface area contributed by atoms with Gasteiger partial charge in [-0.15, -0.1) is 0 Å². The first-order chi connectivity index (χ1) is 14.6. The Bertz CT molecular complexity index is 1290. The van der Waals surface area contributed by atoms with Crippen molar-refractivity contribution >= 4 is 15.5 Å². The molecule has 1 aromatic heterocycles. The quantitative estimate of drug-likeness (QED) is 0.596. The lowest BCUT2D eigenvalue weighted by Gasteiger charge is -2.17. The lowest BCUT2D eigenvalue weighted by Crippen LogP contribution is -2.16. The second-order valence-electron chi connectivity index (χ2n) is 7.00. The van der Waals surface area contributed by atoms with E-state index in [0.717, 1.165) is 18.4 Å². The summed E-state index contributed by atoms with van der Waals surface area (Å²) < 4.78 is 58.4. The zero-order valence-electron chi connectivity index (χ0n) is 17.3. The molecular formula is C22H22F2N2O4S. The van der Waals surface area contributed by atoms with E-state index in [1.54, 1.807) is 26.2 Å². The summed E-state index contributed by atoms with van der Waals surface area (Å²) in [5.74, 6) is -1.07. The van der Waals surface area contributed by atoms with E-state index >= 15 is 0 Å². The standard InChI is InChI=1S/C22H22F2N2O4S/c1-4-30-21-11-22(27)26(2)13-18(21)17-10-16(31(3,28)29)7-8-20(17)25-12-14-5-6-15(23)9-19(14)24/h5-11,13,25H,4,12H2,1-3H3. The van der Waals surface area contributed by atoms with Gasteiger partial charge in [0.1, 0.15) is 17.4 Å². The Kier molecular flexibility index (Phi) is 6.45. The summed E-state index contributed by atoms with van der Waals surface area (Å²) in [4.78, 5) is 12.2. The van der Waals surface area contributed by atoms with Gasteiger partial charge < -0.3 is 14.6 Å². The molecule has 0 saturated heterocycles. The Morgan fingerprint density at radius 2 is 1.81 bits per heavy atom. The number of benzene rings is 2. The molecule has 0 atom stereocenters. The predicted molar refractivity (Wildman–Crippen MR) is 115 cm³/mol. The SMILES string of the molecule is CCOc1cc(=O)n(C)cc1-c1cc(S(C)(=O)=O)ccc1NCc1ccc(F)cc1F. The van der Waals surface area contributed by atoms with E-state index in [1.807, 2.05) is 0 Å². The van der Waals surface area contributed by atoms with Crippen LogP contribution in [0.4, 0.5) is 14.5 Å². The van der Waals surface area contributed by atoms with Crippen molar-refractivity contribution in [3.05, 3.63) is 76.2 Å². The molecule has 0 aliphatic carbocycles. The average Bonchev–Trinajstić information content (AvgIpc) is 2.69. The number of anilines is 1. The number of nitrogens with one attached hydrogen (secondary N) is 1. The molecule has 2 aromatic carbocycles. The molecule has 6 nitrogen and oxygen atoms in total. The van der Waals surface area contributed by atoms with Crippen LogP contribution in [0.15, 0.2) is 58.4 Å². The molecule has 164 valence electrons. The Morgan fingerprint density at radius 1 is 1.06 bits per heavy atom. The van der Waals surface area contributed by atoms with Crippen LogP contribution < -0.4 is 15.6 Å². The first kappa shape index (κ1) is 22.5. The first-order valence-corrected chi connectivity index (χ1v) is 11.3. The van der Waals surface area contributed by atoms with Crippen LogP contribution in [0.2, 0.25) is 0 Å². The third kappa shape index (κ3) is 5.11. The molecule has 0 aliphatic heterocycles. The van der Waals surface area contributed by atoms with Gasteiger partial charge in [-0.2, -0.15) is 0 Å². The molecule has 0 radical (unpaired) electrons. The summed E-state index contributed by atoms with van der Waals surface area (Å²) in [6.07, 6.45) is 2.65. The fraction of sp³-hybridized carbons (Fsp3) is 0.227. The maximum Gasteiger partial charge on any atom is 0.254 e. The minimum Gasteiger partial charge on any atom is -0.493 e. The van der Waals surface area contributed by atoms with E-state index in [0.29, 0.717) is 29.2 Å². The van der Waals surface area contributed by atoms with E-state index in [-0.39, 0.29) is 22.6 Å². The van der Waals surface area contributed by atoms with Gasteiger partial charge in [0.05, 0.1) is 11.5 Å². The van der Waals surface area contributed by atoms with Gasteiger partial charge in [-0.25, -0.2) is 17.2 Å². The first-order valence-electron chi connectivity index (χ1n) is 9.46. The highest BCUT2D eigenvalue weighted by atomic mass is 32.2. The average molecular weight is 448 g/mol. The van der Waals surface area contributed by atoms with Gasteiger partial charge >= 0.3 is 0 Å². The zero-order valence-corrected chi connectivity index (χ0v) is 18.1. The number of aryl methyl sites for hydroxylation is 1. The van der Waals surface area contributed by atoms with Crippen LogP contribution in [0.1, 0.15) is 12.5 Å². The predicted octanol–water partition coefficient (Wildman–Crippen LogP) is 3.74. The Morgan fingerprint density at radius 3 is 2.45 bits per heavy atom. The number of sulfone groups is 1. The van der Waals surface area contributed by atoms with E-state index in [1.165, 1.54) is 28.8 Å². The minimum atomic E-state index is -3.51. The third-order valence-corrected chi connectivity index (χ3v) is 5.79. The minimum absolute atomic E-state index is 0.0348. The van der Waals surface area contributed by atoms with Crippen LogP contribution in [-0.4, -0.2) is 25.8 Å². The lowest BCUT2D eigenvalue weighted by atomic mass is 10.0. The molecule has 31 heavy (non-hydrogen) atoms. The number of nitrogens with zero attached hydrogens (tertiary/aromatic N) is 1. The second-order valence-corrected chi connectivity index (χ2v) is 9.02. The van der Waals surface area contributed by atoms with Crippen molar-refractivity contribution in [2.45, 2.75) is 18.4 Å². The molecule has 0 unspecified atom stereocenters. The van der Waals surface area contributed by atoms with Crippen LogP contribution in [0.25, 0.3) is 11.1 Å². The van der Waals surface area contributed by atoms with Crippen molar-refractivity contribution in [3.8, 4) is 16.9 Å². The van der Waals surface area contributed by atoms with Gasteiger partial charge in [-0.05, 0) is 31.2 Å². The van der Waals surface area contributed by atoms with E-state index < -0.39 is 21.5 Å². The third-order valence-electron chi connectivity index (χ3n) is 4.68. The van der Waals surface area contributed by atoms with Crippen molar-refractivity contribution in [1.82, 2.24) is 4.57 Å². The van der Waals surface area contributed by atoms with Crippen LogP contribution in [0.3, 0.4) is 0 Å². The largest absolute Gasteiger partial charge is 0.493 e. The maximum atomic E-state index is 14.0. The Hall–Kier alpha value is -3.20. The topological polar surface area (TPSA) is 77.4 Å². The van der Waals surface area contributed by atoms with Crippen LogP contribution in [-0.2, 0) is 23.4 Å².